The summed E-state index contributed by atoms with van der Waals surface area (Å²) in [7, 11) is 6.09. The lowest BCUT2D eigenvalue weighted by atomic mass is 10.1. The summed E-state index contributed by atoms with van der Waals surface area (Å²) in [6.07, 6.45) is 2.34. The minimum Gasteiger partial charge on any atom is -0.497 e. The second kappa shape index (κ2) is 18.1. The first-order valence-electron chi connectivity index (χ1n) is 19.2. The zero-order chi connectivity index (χ0) is 37.4. The molecule has 0 unspecified atom stereocenters. The lowest BCUT2D eigenvalue weighted by Crippen LogP contribution is -2.45. The minimum atomic E-state index is 0.705. The van der Waals surface area contributed by atoms with Gasteiger partial charge in [-0.25, -0.2) is 9.97 Å². The van der Waals surface area contributed by atoms with Crippen molar-refractivity contribution >= 4 is 78.2 Å². The van der Waals surface area contributed by atoms with Crippen LogP contribution >= 0.6 is 23.2 Å². The Labute approximate surface area is 329 Å². The Morgan fingerprint density at radius 2 is 1.09 bits per heavy atom. The maximum absolute atomic E-state index is 6.21. The monoisotopic (exact) mass is 766 g/mol. The van der Waals surface area contributed by atoms with Gasteiger partial charge < -0.3 is 30.1 Å². The van der Waals surface area contributed by atoms with Gasteiger partial charge in [0.2, 0.25) is 0 Å². The summed E-state index contributed by atoms with van der Waals surface area (Å²) in [5, 5.41) is 13.2. The second-order valence-corrected chi connectivity index (χ2v) is 15.4. The Bertz CT molecular complexity index is 2180. The summed E-state index contributed by atoms with van der Waals surface area (Å²) < 4.78 is 5.44. The number of aromatic nitrogens is 2. The number of halogens is 2. The molecule has 2 aromatic heterocycles. The second-order valence-electron chi connectivity index (χ2n) is 14.5. The van der Waals surface area contributed by atoms with Gasteiger partial charge in [0.25, 0.3) is 0 Å². The van der Waals surface area contributed by atoms with E-state index in [-0.39, 0.29) is 0 Å². The van der Waals surface area contributed by atoms with Gasteiger partial charge in [-0.3, -0.25) is 4.90 Å². The number of nitrogens with zero attached hydrogens (tertiary/aromatic N) is 6. The highest BCUT2D eigenvalue weighted by atomic mass is 35.5. The van der Waals surface area contributed by atoms with Crippen LogP contribution in [0.25, 0.3) is 43.6 Å². The first-order valence-corrected chi connectivity index (χ1v) is 19.9. The summed E-state index contributed by atoms with van der Waals surface area (Å²) >= 11 is 12.4. The summed E-state index contributed by atoms with van der Waals surface area (Å²) in [5.41, 5.74) is 6.06. The molecule has 4 aromatic carbocycles. The number of pyridine rings is 2. The number of methoxy groups -OCH3 is 1. The molecule has 2 aliphatic heterocycles. The quantitative estimate of drug-likeness (QED) is 0.100. The fraction of sp³-hybridized carbons (Fsp3) is 0.395. The molecule has 0 bridgehead atoms. The standard InChI is InChI=1S/C23H29ClN4O.C20H23ClN4/c1-27-11-13-28(14-12-27)10-4-3-9-25-23-19-7-5-17(24)15-22(19)26-21-8-6-18(29-2)16-20(21)23;1-24-10-12-25(13-11-24)9-8-22-20-16-4-2-3-5-18(16)23-19-14-15(21)6-7-17(19)20/h5-8,15-16H,3-4,9-14H2,1-2H3,(H,25,26);2-7,14H,8-13H2,1H3,(H,22,23). The fourth-order valence-corrected chi connectivity index (χ4v) is 7.76. The van der Waals surface area contributed by atoms with E-state index in [1.54, 1.807) is 7.11 Å². The van der Waals surface area contributed by atoms with Gasteiger partial charge >= 0.3 is 0 Å². The van der Waals surface area contributed by atoms with Crippen molar-refractivity contribution in [3.05, 3.63) is 88.9 Å². The highest BCUT2D eigenvalue weighted by molar-refractivity contribution is 6.32. The average molecular weight is 768 g/mol. The Morgan fingerprint density at radius 1 is 0.556 bits per heavy atom. The van der Waals surface area contributed by atoms with Crippen LogP contribution in [0.2, 0.25) is 10.0 Å². The number of likely N-dealkylation sites (N-methyl/N-ethyl adjacent to an activating group) is 2. The Balaban J connectivity index is 0.000000168. The van der Waals surface area contributed by atoms with Gasteiger partial charge in [0.05, 0.1) is 40.6 Å². The molecule has 0 spiro atoms. The van der Waals surface area contributed by atoms with Crippen LogP contribution in [0.15, 0.2) is 78.9 Å². The van der Waals surface area contributed by atoms with Gasteiger partial charge in [-0.2, -0.15) is 0 Å². The molecule has 9 nitrogen and oxygen atoms in total. The smallest absolute Gasteiger partial charge is 0.119 e. The molecule has 2 fully saturated rings. The molecule has 6 aromatic rings. The maximum atomic E-state index is 6.21. The molecule has 0 aliphatic carbocycles. The minimum absolute atomic E-state index is 0.705. The number of nitrogens with one attached hydrogen (secondary N) is 2. The number of piperazine rings is 2. The predicted molar refractivity (Wildman–Crippen MR) is 229 cm³/mol. The van der Waals surface area contributed by atoms with Gasteiger partial charge in [-0.1, -0.05) is 41.4 Å². The van der Waals surface area contributed by atoms with E-state index in [1.165, 1.54) is 39.1 Å². The highest BCUT2D eigenvalue weighted by Gasteiger charge is 2.16. The summed E-state index contributed by atoms with van der Waals surface area (Å²) in [5.74, 6) is 0.839. The number of hydrogen-bond acceptors (Lipinski definition) is 9. The third kappa shape index (κ3) is 9.45. The van der Waals surface area contributed by atoms with E-state index in [2.05, 4.69) is 80.7 Å². The van der Waals surface area contributed by atoms with Crippen LogP contribution in [-0.4, -0.2) is 129 Å². The van der Waals surface area contributed by atoms with Gasteiger partial charge in [0.15, 0.2) is 0 Å². The van der Waals surface area contributed by atoms with Crippen LogP contribution in [-0.2, 0) is 0 Å². The van der Waals surface area contributed by atoms with Crippen molar-refractivity contribution < 1.29 is 4.74 Å². The summed E-state index contributed by atoms with van der Waals surface area (Å²) in [6.45, 7) is 13.4. The maximum Gasteiger partial charge on any atom is 0.119 e. The molecule has 0 saturated carbocycles. The van der Waals surface area contributed by atoms with Crippen molar-refractivity contribution in [1.29, 1.82) is 0 Å². The molecule has 0 radical (unpaired) electrons. The Hall–Kier alpha value is -3.96. The van der Waals surface area contributed by atoms with Crippen molar-refractivity contribution in [2.75, 3.05) is 110 Å². The molecular weight excluding hydrogens is 715 g/mol. The number of benzene rings is 4. The largest absolute Gasteiger partial charge is 0.497 e. The van der Waals surface area contributed by atoms with Crippen LogP contribution in [0, 0.1) is 0 Å². The van der Waals surface area contributed by atoms with Crippen LogP contribution in [0.5, 0.6) is 5.75 Å². The molecule has 11 heteroatoms. The predicted octanol–water partition coefficient (Wildman–Crippen LogP) is 8.19. The lowest BCUT2D eigenvalue weighted by Gasteiger charge is -2.32. The molecule has 284 valence electrons. The lowest BCUT2D eigenvalue weighted by molar-refractivity contribution is 0.152. The number of para-hydroxylation sites is 1. The van der Waals surface area contributed by atoms with Crippen molar-refractivity contribution in [2.24, 2.45) is 0 Å². The van der Waals surface area contributed by atoms with Crippen molar-refractivity contribution in [3.8, 4) is 5.75 Å². The number of hydrogen-bond donors (Lipinski definition) is 2. The number of unbranched alkanes of at least 4 members (excludes halogenated alkanes) is 1. The van der Waals surface area contributed by atoms with E-state index in [0.717, 1.165) is 118 Å². The molecule has 8 rings (SSSR count). The number of rotatable bonds is 11. The molecule has 2 aliphatic rings. The zero-order valence-electron chi connectivity index (χ0n) is 31.8. The third-order valence-electron chi connectivity index (χ3n) is 10.7. The van der Waals surface area contributed by atoms with Gasteiger partial charge in [0.1, 0.15) is 5.75 Å². The fourth-order valence-electron chi connectivity index (χ4n) is 7.43. The average Bonchev–Trinajstić information content (AvgIpc) is 3.18. The van der Waals surface area contributed by atoms with Crippen LogP contribution in [0.1, 0.15) is 12.8 Å². The third-order valence-corrected chi connectivity index (χ3v) is 11.2. The van der Waals surface area contributed by atoms with Gasteiger partial charge in [-0.05, 0) is 94.1 Å². The zero-order valence-corrected chi connectivity index (χ0v) is 33.3. The van der Waals surface area contributed by atoms with Crippen LogP contribution < -0.4 is 15.4 Å². The van der Waals surface area contributed by atoms with Gasteiger partial charge in [-0.15, -0.1) is 0 Å². The molecular formula is C43H52Cl2N8O. The van der Waals surface area contributed by atoms with E-state index in [0.29, 0.717) is 5.02 Å². The van der Waals surface area contributed by atoms with Crippen molar-refractivity contribution in [3.63, 3.8) is 0 Å². The SMILES string of the molecule is CN1CCN(CCNc2c3ccccc3nc3cc(Cl)ccc23)CC1.COc1ccc2nc3cc(Cl)ccc3c(NCCCCN3CCN(C)CC3)c2c1. The first-order chi connectivity index (χ1) is 26.3. The summed E-state index contributed by atoms with van der Waals surface area (Å²) in [6, 6.07) is 26.1. The number of ether oxygens (including phenoxy) is 1. The van der Waals surface area contributed by atoms with Crippen LogP contribution in [0.3, 0.4) is 0 Å². The molecule has 2 N–H and O–H groups in total. The molecule has 2 saturated heterocycles. The summed E-state index contributed by atoms with van der Waals surface area (Å²) in [4.78, 5) is 19.4. The Morgan fingerprint density at radius 3 is 1.72 bits per heavy atom. The van der Waals surface area contributed by atoms with E-state index >= 15 is 0 Å². The topological polar surface area (TPSA) is 72.0 Å². The van der Waals surface area contributed by atoms with E-state index in [9.17, 15) is 0 Å². The van der Waals surface area contributed by atoms with E-state index < -0.39 is 0 Å². The molecule has 4 heterocycles. The number of anilines is 2. The Kier molecular flexibility index (Phi) is 12.9. The normalized spacial score (nSPS) is 16.2. The van der Waals surface area contributed by atoms with Gasteiger partial charge in [0, 0.05) is 104 Å². The number of fused-ring (bicyclic) bond motifs is 4. The van der Waals surface area contributed by atoms with E-state index in [1.807, 2.05) is 42.5 Å². The van der Waals surface area contributed by atoms with Crippen molar-refractivity contribution in [1.82, 2.24) is 29.6 Å². The van der Waals surface area contributed by atoms with E-state index in [4.69, 9.17) is 37.9 Å². The van der Waals surface area contributed by atoms with Crippen molar-refractivity contribution in [2.45, 2.75) is 12.8 Å². The molecule has 0 atom stereocenters. The highest BCUT2D eigenvalue weighted by Crippen LogP contribution is 2.35. The molecule has 0 amide bonds. The first kappa shape index (κ1) is 38.3. The van der Waals surface area contributed by atoms with Crippen LogP contribution in [0.4, 0.5) is 11.4 Å². The molecule has 54 heavy (non-hydrogen) atoms.